The fourth-order valence-electron chi connectivity index (χ4n) is 4.07. The summed E-state index contributed by atoms with van der Waals surface area (Å²) in [5.74, 6) is 0.590. The van der Waals surface area contributed by atoms with Gasteiger partial charge in [0.2, 0.25) is 5.95 Å². The number of aromatic nitrogens is 3. The molecule has 0 spiro atoms. The van der Waals surface area contributed by atoms with Crippen LogP contribution in [0, 0.1) is 0 Å². The van der Waals surface area contributed by atoms with Gasteiger partial charge < -0.3 is 16.4 Å². The van der Waals surface area contributed by atoms with Gasteiger partial charge in [0.15, 0.2) is 0 Å². The van der Waals surface area contributed by atoms with Crippen LogP contribution >= 0.6 is 0 Å². The zero-order valence-electron chi connectivity index (χ0n) is 15.4. The first-order valence-electron chi connectivity index (χ1n) is 9.81. The van der Waals surface area contributed by atoms with E-state index in [0.717, 1.165) is 32.1 Å². The lowest BCUT2D eigenvalue weighted by Gasteiger charge is -2.26. The van der Waals surface area contributed by atoms with Crippen molar-refractivity contribution in [1.82, 2.24) is 15.0 Å². The molecule has 4 N–H and O–H groups in total. The Morgan fingerprint density at radius 2 is 1.89 bits per heavy atom. The predicted octanol–water partition coefficient (Wildman–Crippen LogP) is 2.68. The molecule has 0 saturated heterocycles. The monoisotopic (exact) mass is 366 g/mol. The van der Waals surface area contributed by atoms with Gasteiger partial charge in [-0.05, 0) is 49.3 Å². The highest BCUT2D eigenvalue weighted by Crippen LogP contribution is 2.25. The number of nitrogens with one attached hydrogen (secondary N) is 2. The summed E-state index contributed by atoms with van der Waals surface area (Å²) in [7, 11) is 0. The third-order valence-electron chi connectivity index (χ3n) is 5.57. The molecule has 4 rings (SSSR count). The van der Waals surface area contributed by atoms with E-state index in [9.17, 15) is 4.79 Å². The number of aryl methyl sites for hydroxylation is 1. The van der Waals surface area contributed by atoms with Gasteiger partial charge >= 0.3 is 0 Å². The van der Waals surface area contributed by atoms with Crippen LogP contribution in [0.1, 0.15) is 60.0 Å². The standard InChI is InChI=1S/C20H26N6O/c21-18(27)17-12-23-20(26-19(17)24-15-4-2-1-3-5-15)25-16-7-6-14-11-22-9-8-13(14)10-16/h8-9,11-12,15-16H,1-7,10H2,(H2,21,27)(H2,23,24,25,26)/t16-/m0/s1. The van der Waals surface area contributed by atoms with E-state index in [1.165, 1.54) is 36.6 Å². The Labute approximate surface area is 159 Å². The highest BCUT2D eigenvalue weighted by molar-refractivity contribution is 5.97. The average molecular weight is 366 g/mol. The van der Waals surface area contributed by atoms with E-state index in [1.54, 1.807) is 0 Å². The molecule has 2 heterocycles. The van der Waals surface area contributed by atoms with E-state index in [0.29, 0.717) is 23.4 Å². The van der Waals surface area contributed by atoms with Crippen molar-refractivity contribution in [3.63, 3.8) is 0 Å². The Morgan fingerprint density at radius 3 is 2.70 bits per heavy atom. The second kappa shape index (κ2) is 7.90. The van der Waals surface area contributed by atoms with Crippen molar-refractivity contribution in [2.75, 3.05) is 10.6 Å². The van der Waals surface area contributed by atoms with Gasteiger partial charge in [0, 0.05) is 30.7 Å². The lowest BCUT2D eigenvalue weighted by Crippen LogP contribution is -2.29. The summed E-state index contributed by atoms with van der Waals surface area (Å²) in [6, 6.07) is 2.69. The number of pyridine rings is 1. The van der Waals surface area contributed by atoms with Crippen LogP contribution in [0.2, 0.25) is 0 Å². The second-order valence-electron chi connectivity index (χ2n) is 7.53. The molecule has 7 heteroatoms. The molecule has 1 saturated carbocycles. The Hall–Kier alpha value is -2.70. The van der Waals surface area contributed by atoms with E-state index >= 15 is 0 Å². The van der Waals surface area contributed by atoms with Crippen molar-refractivity contribution in [2.45, 2.75) is 63.5 Å². The maximum absolute atomic E-state index is 11.8. The van der Waals surface area contributed by atoms with E-state index in [-0.39, 0.29) is 6.04 Å². The summed E-state index contributed by atoms with van der Waals surface area (Å²) in [5, 5.41) is 6.85. The summed E-state index contributed by atoms with van der Waals surface area (Å²) < 4.78 is 0. The molecular formula is C20H26N6O. The molecular weight excluding hydrogens is 340 g/mol. The van der Waals surface area contributed by atoms with Crippen LogP contribution in [-0.2, 0) is 12.8 Å². The van der Waals surface area contributed by atoms with Gasteiger partial charge in [-0.15, -0.1) is 0 Å². The Balaban J connectivity index is 1.49. The van der Waals surface area contributed by atoms with Crippen LogP contribution in [-0.4, -0.2) is 32.9 Å². The molecule has 2 aromatic rings. The number of carbonyl (C=O) groups is 1. The van der Waals surface area contributed by atoms with Gasteiger partial charge in [-0.2, -0.15) is 4.98 Å². The Morgan fingerprint density at radius 1 is 1.04 bits per heavy atom. The lowest BCUT2D eigenvalue weighted by molar-refractivity contribution is 0.100. The number of fused-ring (bicyclic) bond motifs is 1. The number of hydrogen-bond donors (Lipinski definition) is 3. The normalized spacial score (nSPS) is 19.9. The molecule has 0 bridgehead atoms. The zero-order valence-corrected chi connectivity index (χ0v) is 15.4. The van der Waals surface area contributed by atoms with Crippen LogP contribution in [0.4, 0.5) is 11.8 Å². The molecule has 142 valence electrons. The molecule has 0 radical (unpaired) electrons. The van der Waals surface area contributed by atoms with E-state index < -0.39 is 5.91 Å². The fraction of sp³-hybridized carbons (Fsp3) is 0.500. The van der Waals surface area contributed by atoms with Gasteiger partial charge in [0.1, 0.15) is 5.82 Å². The van der Waals surface area contributed by atoms with Crippen LogP contribution in [0.25, 0.3) is 0 Å². The summed E-state index contributed by atoms with van der Waals surface area (Å²) >= 11 is 0. The molecule has 2 aliphatic carbocycles. The van der Waals surface area contributed by atoms with Crippen molar-refractivity contribution in [3.8, 4) is 0 Å². The fourth-order valence-corrected chi connectivity index (χ4v) is 4.07. The minimum atomic E-state index is -0.501. The summed E-state index contributed by atoms with van der Waals surface area (Å²) in [6.45, 7) is 0. The zero-order chi connectivity index (χ0) is 18.6. The first kappa shape index (κ1) is 17.7. The number of amides is 1. The molecule has 0 aliphatic heterocycles. The summed E-state index contributed by atoms with van der Waals surface area (Å²) in [5.41, 5.74) is 8.52. The Kier molecular flexibility index (Phi) is 5.18. The molecule has 0 unspecified atom stereocenters. The molecule has 27 heavy (non-hydrogen) atoms. The van der Waals surface area contributed by atoms with Gasteiger partial charge in [-0.1, -0.05) is 19.3 Å². The van der Waals surface area contributed by atoms with Crippen molar-refractivity contribution in [1.29, 1.82) is 0 Å². The number of primary amides is 1. The molecule has 7 nitrogen and oxygen atoms in total. The number of nitrogens with two attached hydrogens (primary N) is 1. The largest absolute Gasteiger partial charge is 0.367 e. The van der Waals surface area contributed by atoms with Crippen LogP contribution in [0.15, 0.2) is 24.7 Å². The van der Waals surface area contributed by atoms with Crippen molar-refractivity contribution >= 4 is 17.7 Å². The van der Waals surface area contributed by atoms with Gasteiger partial charge in [-0.3, -0.25) is 9.78 Å². The number of carbonyl (C=O) groups excluding carboxylic acids is 1. The van der Waals surface area contributed by atoms with E-state index in [1.807, 2.05) is 12.4 Å². The minimum absolute atomic E-state index is 0.266. The predicted molar refractivity (Wildman–Crippen MR) is 105 cm³/mol. The number of rotatable bonds is 5. The van der Waals surface area contributed by atoms with Gasteiger partial charge in [0.05, 0.1) is 5.56 Å². The van der Waals surface area contributed by atoms with E-state index in [2.05, 4.69) is 31.7 Å². The van der Waals surface area contributed by atoms with Crippen molar-refractivity contribution in [3.05, 3.63) is 41.3 Å². The first-order valence-corrected chi connectivity index (χ1v) is 9.81. The summed E-state index contributed by atoms with van der Waals surface area (Å²) in [6.07, 6.45) is 14.1. The van der Waals surface area contributed by atoms with E-state index in [4.69, 9.17) is 5.73 Å². The van der Waals surface area contributed by atoms with Crippen LogP contribution in [0.5, 0.6) is 0 Å². The van der Waals surface area contributed by atoms with Crippen molar-refractivity contribution < 1.29 is 4.79 Å². The molecule has 2 aromatic heterocycles. The highest BCUT2D eigenvalue weighted by Gasteiger charge is 2.21. The maximum atomic E-state index is 11.8. The number of nitrogens with zero attached hydrogens (tertiary/aromatic N) is 3. The molecule has 2 aliphatic rings. The van der Waals surface area contributed by atoms with Crippen LogP contribution in [0.3, 0.4) is 0 Å². The smallest absolute Gasteiger partial charge is 0.254 e. The number of anilines is 2. The number of hydrogen-bond acceptors (Lipinski definition) is 6. The minimum Gasteiger partial charge on any atom is -0.367 e. The van der Waals surface area contributed by atoms with Gasteiger partial charge in [0.25, 0.3) is 5.91 Å². The highest BCUT2D eigenvalue weighted by atomic mass is 16.1. The third kappa shape index (κ3) is 4.18. The summed E-state index contributed by atoms with van der Waals surface area (Å²) in [4.78, 5) is 24.9. The van der Waals surface area contributed by atoms with Crippen LogP contribution < -0.4 is 16.4 Å². The lowest BCUT2D eigenvalue weighted by atomic mass is 9.90. The quantitative estimate of drug-likeness (QED) is 0.751. The topological polar surface area (TPSA) is 106 Å². The molecule has 1 atom stereocenters. The van der Waals surface area contributed by atoms with Crippen molar-refractivity contribution in [2.24, 2.45) is 5.73 Å². The first-order chi connectivity index (χ1) is 13.2. The average Bonchev–Trinajstić information content (AvgIpc) is 2.69. The molecule has 1 amide bonds. The molecule has 0 aromatic carbocycles. The third-order valence-corrected chi connectivity index (χ3v) is 5.57. The molecule has 1 fully saturated rings. The van der Waals surface area contributed by atoms with Gasteiger partial charge in [-0.25, -0.2) is 4.98 Å². The second-order valence-corrected chi connectivity index (χ2v) is 7.53. The SMILES string of the molecule is NC(=O)c1cnc(N[C@H]2CCc3cnccc3C2)nc1NC1CCCCC1. The maximum Gasteiger partial charge on any atom is 0.254 e. The Bertz CT molecular complexity index is 818.